The molecule has 0 saturated heterocycles. The van der Waals surface area contributed by atoms with Crippen molar-refractivity contribution in [3.05, 3.63) is 112 Å². The molecule has 1 fully saturated rings. The lowest BCUT2D eigenvalue weighted by Gasteiger charge is -2.46. The van der Waals surface area contributed by atoms with Crippen LogP contribution in [0.4, 0.5) is 18.0 Å². The van der Waals surface area contributed by atoms with Gasteiger partial charge < -0.3 is 24.6 Å². The predicted molar refractivity (Wildman–Crippen MR) is 199 cm³/mol. The minimum Gasteiger partial charge on any atom is -0.450 e. The van der Waals surface area contributed by atoms with Gasteiger partial charge in [-0.1, -0.05) is 61.0 Å². The summed E-state index contributed by atoms with van der Waals surface area (Å²) in [7, 11) is 0. The Morgan fingerprint density at radius 3 is 2.49 bits per heavy atom. The van der Waals surface area contributed by atoms with Gasteiger partial charge in [0.15, 0.2) is 0 Å². The fourth-order valence-electron chi connectivity index (χ4n) is 8.16. The van der Waals surface area contributed by atoms with Crippen LogP contribution in [-0.4, -0.2) is 58.2 Å². The van der Waals surface area contributed by atoms with Crippen LogP contribution >= 0.6 is 11.3 Å². The first kappa shape index (κ1) is 38.5. The molecule has 4 aromatic rings. The summed E-state index contributed by atoms with van der Waals surface area (Å²) in [6.45, 7) is 5.76. The molecule has 2 bridgehead atoms. The van der Waals surface area contributed by atoms with Crippen LogP contribution in [0.25, 0.3) is 10.1 Å². The van der Waals surface area contributed by atoms with Gasteiger partial charge in [-0.2, -0.15) is 0 Å². The number of aliphatic hydroxyl groups is 2. The zero-order chi connectivity index (χ0) is 38.0. The van der Waals surface area contributed by atoms with Crippen molar-refractivity contribution in [2.45, 2.75) is 96.2 Å². The number of fused-ring (bicyclic) bond motifs is 9. The van der Waals surface area contributed by atoms with Crippen LogP contribution < -0.4 is 4.74 Å². The number of alkyl halides is 3. The van der Waals surface area contributed by atoms with E-state index in [1.54, 1.807) is 6.92 Å². The fraction of sp³-hybridized carbons (Fsp3) is 0.429. The number of amides is 1. The Balaban J connectivity index is 1.39. The number of hydrogen-bond donors (Lipinski definition) is 2. The van der Waals surface area contributed by atoms with Crippen molar-refractivity contribution in [1.82, 2.24) is 4.90 Å². The van der Waals surface area contributed by atoms with Gasteiger partial charge in [-0.05, 0) is 117 Å². The van der Waals surface area contributed by atoms with E-state index in [0.29, 0.717) is 60.9 Å². The van der Waals surface area contributed by atoms with E-state index < -0.39 is 29.6 Å². The number of nitrogens with zero attached hydrogens (tertiary/aromatic N) is 1. The smallest absolute Gasteiger partial charge is 0.450 e. The minimum absolute atomic E-state index is 0.0140. The van der Waals surface area contributed by atoms with Crippen LogP contribution in [-0.2, 0) is 17.7 Å². The van der Waals surface area contributed by atoms with E-state index in [1.807, 2.05) is 62.4 Å². The fourth-order valence-corrected chi connectivity index (χ4v) is 9.17. The summed E-state index contributed by atoms with van der Waals surface area (Å²) in [6.07, 6.45) is -0.144. The predicted octanol–water partition coefficient (Wildman–Crippen LogP) is 9.73. The van der Waals surface area contributed by atoms with E-state index in [9.17, 15) is 33.0 Å². The third kappa shape index (κ3) is 8.63. The number of rotatable bonds is 8. The van der Waals surface area contributed by atoms with Gasteiger partial charge in [-0.3, -0.25) is 4.79 Å². The standard InChI is InChI=1S/C42H46F3NO6S/c1-4-51-39(49)46(25-28-12-16-32(17-13-28)52-42(43,44)45)26-41(50)21-19-35-33-18-14-29(22-31(47)15-11-27(2)8-7-20-40(35,41)3)23-34(33)38(48)37-24-30-9-5-6-10-36(30)53-37/h5-6,8-10,12-14,16-18,23-24,31,35,47,50H,4,7,11,15,19-22,25-26H2,1-3H3. The molecule has 0 radical (unpaired) electrons. The summed E-state index contributed by atoms with van der Waals surface area (Å²) in [5.74, 6) is -0.748. The first-order valence-electron chi connectivity index (χ1n) is 18.2. The Morgan fingerprint density at radius 1 is 1.02 bits per heavy atom. The van der Waals surface area contributed by atoms with Gasteiger partial charge in [0.1, 0.15) is 5.75 Å². The van der Waals surface area contributed by atoms with Gasteiger partial charge in [0.05, 0.1) is 29.7 Å². The van der Waals surface area contributed by atoms with Crippen molar-refractivity contribution >= 4 is 33.3 Å². The number of allylic oxidation sites excluding steroid dienone is 2. The Hall–Kier alpha value is -4.19. The maximum Gasteiger partial charge on any atom is 0.573 e. The van der Waals surface area contributed by atoms with Gasteiger partial charge >= 0.3 is 12.5 Å². The third-order valence-electron chi connectivity index (χ3n) is 11.1. The first-order valence-corrected chi connectivity index (χ1v) is 19.0. The van der Waals surface area contributed by atoms with Crippen LogP contribution in [0.5, 0.6) is 5.75 Å². The average Bonchev–Trinajstić information content (AvgIpc) is 3.65. The molecule has 4 atom stereocenters. The van der Waals surface area contributed by atoms with Crippen molar-refractivity contribution in [3.63, 3.8) is 0 Å². The van der Waals surface area contributed by atoms with Crippen LogP contribution in [0.15, 0.2) is 84.4 Å². The molecule has 3 aromatic carbocycles. The van der Waals surface area contributed by atoms with Gasteiger partial charge in [0.2, 0.25) is 5.78 Å². The lowest BCUT2D eigenvalue weighted by atomic mass is 9.64. The molecular formula is C42H46F3NO6S. The number of ether oxygens (including phenoxy) is 2. The second-order valence-corrected chi connectivity index (χ2v) is 15.8. The molecule has 1 amide bonds. The number of thiophene rings is 1. The average molecular weight is 750 g/mol. The molecule has 0 aliphatic heterocycles. The molecule has 282 valence electrons. The molecule has 1 saturated carbocycles. The number of benzene rings is 3. The molecule has 2 N–H and O–H groups in total. The molecule has 53 heavy (non-hydrogen) atoms. The summed E-state index contributed by atoms with van der Waals surface area (Å²) in [5, 5.41) is 24.8. The molecule has 3 aliphatic carbocycles. The minimum atomic E-state index is -4.83. The van der Waals surface area contributed by atoms with Crippen molar-refractivity contribution in [1.29, 1.82) is 0 Å². The molecule has 4 unspecified atom stereocenters. The zero-order valence-electron chi connectivity index (χ0n) is 30.2. The summed E-state index contributed by atoms with van der Waals surface area (Å²) in [5.41, 5.74) is 1.67. The Morgan fingerprint density at radius 2 is 1.77 bits per heavy atom. The van der Waals surface area contributed by atoms with Crippen molar-refractivity contribution in [2.75, 3.05) is 13.2 Å². The van der Waals surface area contributed by atoms with Crippen LogP contribution in [0.3, 0.4) is 0 Å². The number of halogens is 3. The highest BCUT2D eigenvalue weighted by Crippen LogP contribution is 2.59. The number of ketones is 1. The molecule has 1 aromatic heterocycles. The first-order chi connectivity index (χ1) is 25.2. The summed E-state index contributed by atoms with van der Waals surface area (Å²) < 4.78 is 48.8. The Labute approximate surface area is 312 Å². The highest BCUT2D eigenvalue weighted by atomic mass is 32.1. The van der Waals surface area contributed by atoms with E-state index in [4.69, 9.17) is 4.74 Å². The number of carbonyl (C=O) groups is 2. The quantitative estimate of drug-likeness (QED) is 0.138. The Bertz CT molecular complexity index is 1940. The lowest BCUT2D eigenvalue weighted by Crippen LogP contribution is -2.53. The molecule has 0 spiro atoms. The molecule has 11 heteroatoms. The van der Waals surface area contributed by atoms with E-state index >= 15 is 0 Å². The maximum atomic E-state index is 14.5. The highest BCUT2D eigenvalue weighted by molar-refractivity contribution is 7.21. The van der Waals surface area contributed by atoms with Crippen LogP contribution in [0.1, 0.15) is 97.1 Å². The van der Waals surface area contributed by atoms with Gasteiger partial charge in [-0.25, -0.2) is 4.79 Å². The zero-order valence-corrected chi connectivity index (χ0v) is 31.1. The van der Waals surface area contributed by atoms with Gasteiger partial charge in [0.25, 0.3) is 0 Å². The van der Waals surface area contributed by atoms with E-state index in [-0.39, 0.29) is 37.1 Å². The monoisotopic (exact) mass is 749 g/mol. The lowest BCUT2D eigenvalue weighted by molar-refractivity contribution is -0.274. The van der Waals surface area contributed by atoms with Gasteiger partial charge in [-0.15, -0.1) is 24.5 Å². The van der Waals surface area contributed by atoms with E-state index in [0.717, 1.165) is 26.8 Å². The van der Waals surface area contributed by atoms with E-state index in [1.165, 1.54) is 40.5 Å². The summed E-state index contributed by atoms with van der Waals surface area (Å²) in [6, 6.07) is 21.0. The normalized spacial score (nSPS) is 23.6. The van der Waals surface area contributed by atoms with Crippen LogP contribution in [0, 0.1) is 5.41 Å². The van der Waals surface area contributed by atoms with Crippen molar-refractivity contribution < 1.29 is 42.4 Å². The molecule has 1 heterocycles. The Kier molecular flexibility index (Phi) is 11.4. The molecule has 7 rings (SSSR count). The molecule has 7 nitrogen and oxygen atoms in total. The molecule has 3 aliphatic rings. The van der Waals surface area contributed by atoms with E-state index in [2.05, 4.69) is 10.8 Å². The van der Waals surface area contributed by atoms with Crippen LogP contribution in [0.2, 0.25) is 0 Å². The topological polar surface area (TPSA) is 96.3 Å². The second kappa shape index (κ2) is 15.7. The highest BCUT2D eigenvalue weighted by Gasteiger charge is 2.58. The number of hydrogen-bond acceptors (Lipinski definition) is 7. The molecular weight excluding hydrogens is 704 g/mol. The number of carbonyl (C=O) groups excluding carboxylic acids is 2. The van der Waals surface area contributed by atoms with Crippen molar-refractivity contribution in [3.8, 4) is 5.75 Å². The SMILES string of the molecule is CCOC(=O)N(Cc1ccc(OC(F)(F)F)cc1)CC1(O)CCC2c3ccc(cc3C(=O)c3cc4ccccc4s3)CC(O)CCC(C)=CCCC21C. The largest absolute Gasteiger partial charge is 0.573 e. The van der Waals surface area contributed by atoms with Gasteiger partial charge in [0, 0.05) is 22.2 Å². The number of aliphatic hydroxyl groups excluding tert-OH is 1. The third-order valence-corrected chi connectivity index (χ3v) is 12.2. The summed E-state index contributed by atoms with van der Waals surface area (Å²) >= 11 is 1.44. The second-order valence-electron chi connectivity index (χ2n) is 14.7. The summed E-state index contributed by atoms with van der Waals surface area (Å²) in [4.78, 5) is 30.0. The van der Waals surface area contributed by atoms with Crippen molar-refractivity contribution in [2.24, 2.45) is 5.41 Å². The maximum absolute atomic E-state index is 14.5.